The highest BCUT2D eigenvalue weighted by Gasteiger charge is 2.08. The second-order valence-corrected chi connectivity index (χ2v) is 4.83. The molecule has 0 aromatic heterocycles. The fourth-order valence-corrected chi connectivity index (χ4v) is 2.02. The predicted octanol–water partition coefficient (Wildman–Crippen LogP) is 2.31. The van der Waals surface area contributed by atoms with Crippen molar-refractivity contribution in [2.45, 2.75) is 0 Å². The minimum absolute atomic E-state index is 0.0985. The average molecular weight is 313 g/mol. The van der Waals surface area contributed by atoms with E-state index in [1.807, 2.05) is 36.4 Å². The minimum atomic E-state index is -0.372. The van der Waals surface area contributed by atoms with Crippen molar-refractivity contribution < 1.29 is 9.53 Å². The first-order valence-corrected chi connectivity index (χ1v) is 6.89. The largest absolute Gasteiger partial charge is 0.465 e. The third-order valence-electron chi connectivity index (χ3n) is 2.93. The number of benzene rings is 2. The number of methoxy groups -OCH3 is 1. The molecule has 6 heteroatoms. The van der Waals surface area contributed by atoms with Crippen molar-refractivity contribution in [3.8, 4) is 11.1 Å². The zero-order chi connectivity index (χ0) is 15.9. The number of hydrazone groups is 1. The molecule has 0 unspecified atom stereocenters. The molecule has 0 radical (unpaired) electrons. The molecule has 2 aromatic carbocycles. The first-order valence-electron chi connectivity index (χ1n) is 6.48. The molecule has 0 fully saturated rings. The second-order valence-electron chi connectivity index (χ2n) is 4.39. The number of carbonyl (C=O) groups is 1. The van der Waals surface area contributed by atoms with E-state index in [9.17, 15) is 4.79 Å². The standard InChI is InChI=1S/C16H15N3O2S/c1-21-15(20)12-7-4-6-11(9-12)14-8-3-2-5-13(14)10-18-19-16(17)22/h2-10H,1H3,(H3,17,19,22). The molecule has 0 amide bonds. The van der Waals surface area contributed by atoms with Gasteiger partial charge in [-0.2, -0.15) is 5.10 Å². The summed E-state index contributed by atoms with van der Waals surface area (Å²) in [5, 5.41) is 4.07. The lowest BCUT2D eigenvalue weighted by molar-refractivity contribution is 0.0601. The van der Waals surface area contributed by atoms with Crippen LogP contribution in [0, 0.1) is 0 Å². The Morgan fingerprint density at radius 3 is 2.77 bits per heavy atom. The number of nitrogens with two attached hydrogens (primary N) is 1. The summed E-state index contributed by atoms with van der Waals surface area (Å²) in [4.78, 5) is 11.6. The molecule has 0 bridgehead atoms. The molecular weight excluding hydrogens is 298 g/mol. The fraction of sp³-hybridized carbons (Fsp3) is 0.0625. The minimum Gasteiger partial charge on any atom is -0.465 e. The maximum Gasteiger partial charge on any atom is 0.337 e. The van der Waals surface area contributed by atoms with Crippen LogP contribution in [0.25, 0.3) is 11.1 Å². The molecule has 3 N–H and O–H groups in total. The summed E-state index contributed by atoms with van der Waals surface area (Å²) in [6.45, 7) is 0. The van der Waals surface area contributed by atoms with Crippen molar-refractivity contribution in [1.29, 1.82) is 0 Å². The smallest absolute Gasteiger partial charge is 0.337 e. The molecule has 22 heavy (non-hydrogen) atoms. The van der Waals surface area contributed by atoms with Crippen molar-refractivity contribution in [2.24, 2.45) is 10.8 Å². The van der Waals surface area contributed by atoms with Gasteiger partial charge in [0.15, 0.2) is 5.11 Å². The maximum atomic E-state index is 11.6. The van der Waals surface area contributed by atoms with E-state index in [1.165, 1.54) is 7.11 Å². The van der Waals surface area contributed by atoms with Crippen LogP contribution in [-0.2, 0) is 4.74 Å². The number of hydrogen-bond acceptors (Lipinski definition) is 4. The highest BCUT2D eigenvalue weighted by atomic mass is 32.1. The molecule has 0 heterocycles. The van der Waals surface area contributed by atoms with Crippen LogP contribution in [0.4, 0.5) is 0 Å². The van der Waals surface area contributed by atoms with Crippen LogP contribution in [0.2, 0.25) is 0 Å². The zero-order valence-corrected chi connectivity index (χ0v) is 12.8. The topological polar surface area (TPSA) is 76.7 Å². The number of nitrogens with one attached hydrogen (secondary N) is 1. The van der Waals surface area contributed by atoms with E-state index in [2.05, 4.69) is 10.5 Å². The number of hydrogen-bond donors (Lipinski definition) is 2. The van der Waals surface area contributed by atoms with Crippen molar-refractivity contribution in [1.82, 2.24) is 5.43 Å². The maximum absolute atomic E-state index is 11.6. The van der Waals surface area contributed by atoms with E-state index in [1.54, 1.807) is 18.3 Å². The number of nitrogens with zero attached hydrogens (tertiary/aromatic N) is 1. The van der Waals surface area contributed by atoms with Gasteiger partial charge in [0.2, 0.25) is 0 Å². The van der Waals surface area contributed by atoms with Gasteiger partial charge < -0.3 is 10.5 Å². The average Bonchev–Trinajstić information content (AvgIpc) is 2.54. The summed E-state index contributed by atoms with van der Waals surface area (Å²) in [7, 11) is 1.36. The van der Waals surface area contributed by atoms with Crippen LogP contribution >= 0.6 is 12.2 Å². The van der Waals surface area contributed by atoms with Crippen LogP contribution in [0.15, 0.2) is 53.6 Å². The SMILES string of the molecule is COC(=O)c1cccc(-c2ccccc2C=NNC(N)=S)c1. The number of thiocarbonyl (C=S) groups is 1. The molecule has 0 saturated heterocycles. The molecule has 0 aliphatic heterocycles. The first kappa shape index (κ1) is 15.7. The molecule has 2 rings (SSSR count). The number of carbonyl (C=O) groups excluding carboxylic acids is 1. The monoisotopic (exact) mass is 313 g/mol. The van der Waals surface area contributed by atoms with Gasteiger partial charge in [-0.15, -0.1) is 0 Å². The summed E-state index contributed by atoms with van der Waals surface area (Å²) in [6, 6.07) is 14.9. The summed E-state index contributed by atoms with van der Waals surface area (Å²) < 4.78 is 4.75. The summed E-state index contributed by atoms with van der Waals surface area (Å²) in [5.41, 5.74) is 11.0. The summed E-state index contributed by atoms with van der Waals surface area (Å²) in [5.74, 6) is -0.372. The Hall–Kier alpha value is -2.73. The van der Waals surface area contributed by atoms with Crippen LogP contribution in [0.1, 0.15) is 15.9 Å². The van der Waals surface area contributed by atoms with Crippen LogP contribution in [-0.4, -0.2) is 24.4 Å². The fourth-order valence-electron chi connectivity index (χ4n) is 1.97. The van der Waals surface area contributed by atoms with E-state index in [-0.39, 0.29) is 11.1 Å². The van der Waals surface area contributed by atoms with Crippen molar-refractivity contribution in [3.05, 3.63) is 59.7 Å². The molecule has 0 atom stereocenters. The normalized spacial score (nSPS) is 10.4. The molecule has 0 aliphatic rings. The van der Waals surface area contributed by atoms with Gasteiger partial charge in [-0.05, 0) is 35.5 Å². The van der Waals surface area contributed by atoms with Gasteiger partial charge in [-0.3, -0.25) is 5.43 Å². The lowest BCUT2D eigenvalue weighted by Crippen LogP contribution is -2.24. The van der Waals surface area contributed by atoms with E-state index in [4.69, 9.17) is 22.7 Å². The third-order valence-corrected chi connectivity index (χ3v) is 3.03. The highest BCUT2D eigenvalue weighted by molar-refractivity contribution is 7.80. The lowest BCUT2D eigenvalue weighted by Gasteiger charge is -2.07. The van der Waals surface area contributed by atoms with Crippen molar-refractivity contribution in [3.63, 3.8) is 0 Å². The zero-order valence-electron chi connectivity index (χ0n) is 11.9. The predicted molar refractivity (Wildman–Crippen MR) is 90.7 cm³/mol. The van der Waals surface area contributed by atoms with Gasteiger partial charge in [0.25, 0.3) is 0 Å². The Morgan fingerprint density at radius 1 is 1.27 bits per heavy atom. The first-order chi connectivity index (χ1) is 10.6. The molecule has 0 spiro atoms. The van der Waals surface area contributed by atoms with E-state index in [0.29, 0.717) is 5.56 Å². The van der Waals surface area contributed by atoms with Crippen LogP contribution in [0.3, 0.4) is 0 Å². The van der Waals surface area contributed by atoms with Crippen molar-refractivity contribution in [2.75, 3.05) is 7.11 Å². The molecule has 5 nitrogen and oxygen atoms in total. The highest BCUT2D eigenvalue weighted by Crippen LogP contribution is 2.23. The van der Waals surface area contributed by atoms with Crippen LogP contribution < -0.4 is 11.2 Å². The van der Waals surface area contributed by atoms with Crippen molar-refractivity contribution >= 4 is 29.5 Å². The third kappa shape index (κ3) is 3.89. The van der Waals surface area contributed by atoms with Gasteiger partial charge in [-0.25, -0.2) is 4.79 Å². The lowest BCUT2D eigenvalue weighted by atomic mass is 9.98. The molecule has 112 valence electrons. The van der Waals surface area contributed by atoms with Gasteiger partial charge in [0.05, 0.1) is 18.9 Å². The quantitative estimate of drug-likeness (QED) is 0.392. The van der Waals surface area contributed by atoms with Gasteiger partial charge in [-0.1, -0.05) is 36.4 Å². The van der Waals surface area contributed by atoms with Crippen LogP contribution in [0.5, 0.6) is 0 Å². The summed E-state index contributed by atoms with van der Waals surface area (Å²) in [6.07, 6.45) is 1.62. The Balaban J connectivity index is 2.38. The Kier molecular flexibility index (Phi) is 5.21. The Bertz CT molecular complexity index is 729. The Labute approximate surface area is 133 Å². The number of ether oxygens (including phenoxy) is 1. The van der Waals surface area contributed by atoms with Gasteiger partial charge in [0.1, 0.15) is 0 Å². The summed E-state index contributed by atoms with van der Waals surface area (Å²) >= 11 is 4.70. The molecule has 0 saturated carbocycles. The van der Waals surface area contributed by atoms with E-state index in [0.717, 1.165) is 16.7 Å². The van der Waals surface area contributed by atoms with E-state index >= 15 is 0 Å². The van der Waals surface area contributed by atoms with E-state index < -0.39 is 0 Å². The molecule has 0 aliphatic carbocycles. The Morgan fingerprint density at radius 2 is 2.05 bits per heavy atom. The van der Waals surface area contributed by atoms with Gasteiger partial charge >= 0.3 is 5.97 Å². The second kappa shape index (κ2) is 7.33. The number of rotatable bonds is 4. The van der Waals surface area contributed by atoms with Gasteiger partial charge in [0, 0.05) is 5.56 Å². The molecule has 2 aromatic rings. The number of esters is 1. The molecular formula is C16H15N3O2S.